The van der Waals surface area contributed by atoms with Crippen LogP contribution in [0, 0.1) is 23.6 Å². The van der Waals surface area contributed by atoms with Crippen molar-refractivity contribution in [2.75, 3.05) is 25.6 Å². The van der Waals surface area contributed by atoms with Gasteiger partial charge in [0, 0.05) is 37.6 Å². The van der Waals surface area contributed by atoms with Gasteiger partial charge in [-0.05, 0) is 30.5 Å². The van der Waals surface area contributed by atoms with Crippen LogP contribution in [0.2, 0.25) is 0 Å². The van der Waals surface area contributed by atoms with E-state index in [1.165, 1.54) is 23.1 Å². The molecule has 3 amide bonds. The van der Waals surface area contributed by atoms with Crippen molar-refractivity contribution in [1.29, 1.82) is 0 Å². The molecule has 8 heteroatoms. The Morgan fingerprint density at radius 2 is 2.00 bits per heavy atom. The molecule has 0 radical (unpaired) electrons. The zero-order valence-electron chi connectivity index (χ0n) is 16.1. The maximum atomic E-state index is 14.0. The molecule has 0 unspecified atom stereocenters. The van der Waals surface area contributed by atoms with E-state index < -0.39 is 29.1 Å². The quantitative estimate of drug-likeness (QED) is 0.584. The van der Waals surface area contributed by atoms with Crippen molar-refractivity contribution in [2.45, 2.75) is 31.8 Å². The number of methoxy groups -OCH3 is 1. The highest BCUT2D eigenvalue weighted by atomic mass is 19.1. The summed E-state index contributed by atoms with van der Waals surface area (Å²) in [5.41, 5.74) is -0.560. The molecule has 4 atom stereocenters. The highest BCUT2D eigenvalue weighted by Crippen LogP contribution is 2.53. The Kier molecular flexibility index (Phi) is 4.50. The number of carbonyl (C=O) groups excluding carboxylic acids is 3. The van der Waals surface area contributed by atoms with Crippen LogP contribution in [0.5, 0.6) is 0 Å². The minimum Gasteiger partial charge on any atom is -0.385 e. The number of nitrogens with one attached hydrogen (secondary N) is 2. The summed E-state index contributed by atoms with van der Waals surface area (Å²) in [6, 6.07) is 3.68. The van der Waals surface area contributed by atoms with Crippen LogP contribution in [-0.2, 0) is 24.7 Å². The largest absolute Gasteiger partial charge is 0.385 e. The van der Waals surface area contributed by atoms with Crippen LogP contribution in [0.3, 0.4) is 0 Å². The Bertz CT molecular complexity index is 858. The van der Waals surface area contributed by atoms with Gasteiger partial charge in [-0.15, -0.1) is 0 Å². The maximum absolute atomic E-state index is 14.0. The van der Waals surface area contributed by atoms with E-state index >= 15 is 0 Å². The van der Waals surface area contributed by atoms with E-state index in [1.807, 2.05) is 13.8 Å². The standard InChI is InChI=1S/C20H24FN3O4/c1-10(2)16-14-15(18(26)24(17(14)25)7-4-8-28-3)20(23-16)12-9-11(21)5-6-13(12)22-19(20)27/h5-6,9-10,14-16,23H,4,7-8H2,1-3H3,(H,22,27)/t14-,15-,16-,20+/m0/s1. The summed E-state index contributed by atoms with van der Waals surface area (Å²) in [6.07, 6.45) is 0.525. The molecule has 3 heterocycles. The summed E-state index contributed by atoms with van der Waals surface area (Å²) in [5, 5.41) is 6.04. The Balaban J connectivity index is 1.81. The van der Waals surface area contributed by atoms with Crippen LogP contribution in [0.4, 0.5) is 10.1 Å². The molecule has 3 aliphatic rings. The smallest absolute Gasteiger partial charge is 0.250 e. The molecule has 3 aliphatic heterocycles. The number of anilines is 1. The number of likely N-dealkylation sites (tertiary alicyclic amines) is 1. The Labute approximate surface area is 162 Å². The molecule has 7 nitrogen and oxygen atoms in total. The van der Waals surface area contributed by atoms with Gasteiger partial charge in [0.05, 0.1) is 11.8 Å². The Morgan fingerprint density at radius 3 is 2.68 bits per heavy atom. The average Bonchev–Trinajstić information content (AvgIpc) is 3.23. The van der Waals surface area contributed by atoms with Gasteiger partial charge in [-0.2, -0.15) is 0 Å². The van der Waals surface area contributed by atoms with E-state index in [-0.39, 0.29) is 30.3 Å². The monoisotopic (exact) mass is 389 g/mol. The van der Waals surface area contributed by atoms with Gasteiger partial charge in [0.1, 0.15) is 11.4 Å². The summed E-state index contributed by atoms with van der Waals surface area (Å²) in [6.45, 7) is 4.56. The van der Waals surface area contributed by atoms with Crippen LogP contribution in [-0.4, -0.2) is 48.9 Å². The number of rotatable bonds is 5. The lowest BCUT2D eigenvalue weighted by Gasteiger charge is -2.30. The number of carbonyl (C=O) groups is 3. The normalized spacial score (nSPS) is 31.1. The average molecular weight is 389 g/mol. The number of benzene rings is 1. The third-order valence-electron chi connectivity index (χ3n) is 6.15. The first-order chi connectivity index (χ1) is 13.3. The van der Waals surface area contributed by atoms with Crippen molar-refractivity contribution in [3.05, 3.63) is 29.6 Å². The molecule has 1 aromatic carbocycles. The summed E-state index contributed by atoms with van der Waals surface area (Å²) < 4.78 is 19.1. The van der Waals surface area contributed by atoms with Crippen molar-refractivity contribution >= 4 is 23.4 Å². The van der Waals surface area contributed by atoms with Crippen molar-refractivity contribution in [3.8, 4) is 0 Å². The first-order valence-corrected chi connectivity index (χ1v) is 9.56. The predicted octanol–water partition coefficient (Wildman–Crippen LogP) is 1.24. The second-order valence-electron chi connectivity index (χ2n) is 8.04. The lowest BCUT2D eigenvalue weighted by Crippen LogP contribution is -2.54. The molecule has 2 saturated heterocycles. The van der Waals surface area contributed by atoms with Gasteiger partial charge in [-0.1, -0.05) is 13.8 Å². The molecule has 2 fully saturated rings. The van der Waals surface area contributed by atoms with E-state index in [9.17, 15) is 18.8 Å². The maximum Gasteiger partial charge on any atom is 0.250 e. The zero-order chi connectivity index (χ0) is 20.2. The van der Waals surface area contributed by atoms with E-state index in [4.69, 9.17) is 4.74 Å². The molecule has 0 aromatic heterocycles. The molecule has 1 aromatic rings. The van der Waals surface area contributed by atoms with Crippen LogP contribution < -0.4 is 10.6 Å². The number of ether oxygens (including phenoxy) is 1. The van der Waals surface area contributed by atoms with Crippen molar-refractivity contribution in [3.63, 3.8) is 0 Å². The number of fused-ring (bicyclic) bond motifs is 4. The minimum absolute atomic E-state index is 0.00737. The van der Waals surface area contributed by atoms with E-state index in [0.29, 0.717) is 24.3 Å². The fraction of sp³-hybridized carbons (Fsp3) is 0.550. The predicted molar refractivity (Wildman–Crippen MR) is 98.7 cm³/mol. The van der Waals surface area contributed by atoms with Gasteiger partial charge in [-0.25, -0.2) is 4.39 Å². The van der Waals surface area contributed by atoms with Crippen molar-refractivity contribution < 1.29 is 23.5 Å². The van der Waals surface area contributed by atoms with Crippen LogP contribution >= 0.6 is 0 Å². The molecule has 0 saturated carbocycles. The minimum atomic E-state index is -1.43. The van der Waals surface area contributed by atoms with Crippen LogP contribution in [0.25, 0.3) is 0 Å². The molecular formula is C20H24FN3O4. The summed E-state index contributed by atoms with van der Waals surface area (Å²) in [4.78, 5) is 40.8. The lowest BCUT2D eigenvalue weighted by atomic mass is 9.76. The molecule has 0 aliphatic carbocycles. The molecule has 1 spiro atoms. The molecule has 2 N–H and O–H groups in total. The molecule has 4 rings (SSSR count). The Morgan fingerprint density at radius 1 is 1.25 bits per heavy atom. The third kappa shape index (κ3) is 2.44. The molecular weight excluding hydrogens is 365 g/mol. The van der Waals surface area contributed by atoms with Crippen LogP contribution in [0.1, 0.15) is 25.8 Å². The number of imide groups is 1. The van der Waals surface area contributed by atoms with E-state index in [1.54, 1.807) is 7.11 Å². The number of hydrogen-bond acceptors (Lipinski definition) is 5. The summed E-state index contributed by atoms with van der Waals surface area (Å²) >= 11 is 0. The van der Waals surface area contributed by atoms with Gasteiger partial charge in [0.25, 0.3) is 0 Å². The van der Waals surface area contributed by atoms with Crippen LogP contribution in [0.15, 0.2) is 18.2 Å². The molecule has 0 bridgehead atoms. The van der Waals surface area contributed by atoms with Gasteiger partial charge >= 0.3 is 0 Å². The highest BCUT2D eigenvalue weighted by molar-refractivity contribution is 6.15. The second kappa shape index (κ2) is 6.63. The van der Waals surface area contributed by atoms with Gasteiger partial charge in [-0.3, -0.25) is 24.6 Å². The fourth-order valence-electron chi connectivity index (χ4n) is 4.93. The number of hydrogen-bond donors (Lipinski definition) is 2. The fourth-order valence-corrected chi connectivity index (χ4v) is 4.93. The SMILES string of the molecule is COCCCN1C(=O)[C@H]2[C@@H](C1=O)[C@@]1(N[C@H]2C(C)C)C(=O)Nc2ccc(F)cc21. The van der Waals surface area contributed by atoms with Gasteiger partial charge in [0.15, 0.2) is 0 Å². The van der Waals surface area contributed by atoms with Gasteiger partial charge in [0.2, 0.25) is 17.7 Å². The zero-order valence-corrected chi connectivity index (χ0v) is 16.1. The molecule has 28 heavy (non-hydrogen) atoms. The first-order valence-electron chi connectivity index (χ1n) is 9.56. The topological polar surface area (TPSA) is 87.7 Å². The second-order valence-corrected chi connectivity index (χ2v) is 8.04. The molecule has 150 valence electrons. The lowest BCUT2D eigenvalue weighted by molar-refractivity contribution is -0.143. The third-order valence-corrected chi connectivity index (χ3v) is 6.15. The van der Waals surface area contributed by atoms with E-state index in [0.717, 1.165) is 0 Å². The number of nitrogens with zero attached hydrogens (tertiary/aromatic N) is 1. The van der Waals surface area contributed by atoms with Crippen molar-refractivity contribution in [2.24, 2.45) is 17.8 Å². The summed E-state index contributed by atoms with van der Waals surface area (Å²) in [7, 11) is 1.56. The van der Waals surface area contributed by atoms with E-state index in [2.05, 4.69) is 10.6 Å². The summed E-state index contributed by atoms with van der Waals surface area (Å²) in [5.74, 6) is -3.09. The Hall–Kier alpha value is -2.32. The first kappa shape index (κ1) is 19.0. The van der Waals surface area contributed by atoms with Crippen molar-refractivity contribution in [1.82, 2.24) is 10.2 Å². The highest BCUT2D eigenvalue weighted by Gasteiger charge is 2.70. The number of amides is 3. The van der Waals surface area contributed by atoms with Gasteiger partial charge < -0.3 is 10.1 Å². The number of halogens is 1.